The lowest BCUT2D eigenvalue weighted by atomic mass is 10.2. The Kier molecular flexibility index (Phi) is 5.16. The molecule has 0 bridgehead atoms. The second-order valence-corrected chi connectivity index (χ2v) is 5.34. The molecule has 0 N–H and O–H groups in total. The highest BCUT2D eigenvalue weighted by Crippen LogP contribution is 2.10. The molecular formula is C17H19FN2O3. The first-order valence-corrected chi connectivity index (χ1v) is 7.17. The van der Waals surface area contributed by atoms with Crippen molar-refractivity contribution in [1.29, 1.82) is 0 Å². The number of aromatic nitrogens is 1. The van der Waals surface area contributed by atoms with Crippen LogP contribution < -0.4 is 0 Å². The number of aryl methyl sites for hydroxylation is 1. The molecule has 1 heterocycles. The van der Waals surface area contributed by atoms with Crippen LogP contribution in [-0.2, 0) is 23.1 Å². The van der Waals surface area contributed by atoms with Gasteiger partial charge in [0, 0.05) is 31.9 Å². The number of benzene rings is 1. The molecular weight excluding hydrogens is 299 g/mol. The van der Waals surface area contributed by atoms with Crippen molar-refractivity contribution in [3.8, 4) is 0 Å². The zero-order valence-corrected chi connectivity index (χ0v) is 13.4. The van der Waals surface area contributed by atoms with Crippen LogP contribution in [0.4, 0.5) is 4.39 Å². The summed E-state index contributed by atoms with van der Waals surface area (Å²) in [7, 11) is 3.29. The molecule has 0 aliphatic rings. The number of amides is 1. The normalized spacial score (nSPS) is 10.4. The highest BCUT2D eigenvalue weighted by atomic mass is 19.1. The van der Waals surface area contributed by atoms with Gasteiger partial charge >= 0.3 is 5.97 Å². The topological polar surface area (TPSA) is 51.5 Å². The number of esters is 1. The van der Waals surface area contributed by atoms with E-state index in [1.807, 2.05) is 6.92 Å². The number of halogens is 1. The van der Waals surface area contributed by atoms with Crippen molar-refractivity contribution >= 4 is 11.9 Å². The summed E-state index contributed by atoms with van der Waals surface area (Å²) in [5.74, 6) is -1.33. The fraction of sp³-hybridized carbons (Fsp3) is 0.294. The number of ether oxygens (including phenoxy) is 1. The van der Waals surface area contributed by atoms with Crippen molar-refractivity contribution in [1.82, 2.24) is 9.47 Å². The minimum Gasteiger partial charge on any atom is -0.451 e. The lowest BCUT2D eigenvalue weighted by molar-refractivity contribution is -0.133. The van der Waals surface area contributed by atoms with Gasteiger partial charge in [0.25, 0.3) is 5.91 Å². The van der Waals surface area contributed by atoms with E-state index in [9.17, 15) is 14.0 Å². The van der Waals surface area contributed by atoms with E-state index in [-0.39, 0.29) is 19.0 Å². The molecule has 0 radical (unpaired) electrons. The Labute approximate surface area is 134 Å². The van der Waals surface area contributed by atoms with E-state index >= 15 is 0 Å². The first kappa shape index (κ1) is 16.7. The first-order valence-electron chi connectivity index (χ1n) is 7.17. The van der Waals surface area contributed by atoms with Crippen LogP contribution in [0.5, 0.6) is 0 Å². The molecule has 2 rings (SSSR count). The highest BCUT2D eigenvalue weighted by molar-refractivity contribution is 5.90. The summed E-state index contributed by atoms with van der Waals surface area (Å²) in [6, 6.07) is 9.68. The smallest absolute Gasteiger partial charge is 0.355 e. The Balaban J connectivity index is 1.90. The van der Waals surface area contributed by atoms with Crippen LogP contribution in [0, 0.1) is 12.7 Å². The number of nitrogens with zero attached hydrogens (tertiary/aromatic N) is 2. The number of rotatable bonds is 5. The third-order valence-corrected chi connectivity index (χ3v) is 3.70. The third-order valence-electron chi connectivity index (χ3n) is 3.70. The molecule has 0 spiro atoms. The SMILES string of the molecule is Cc1ccc(C(=O)OCC(=O)N(C)Cc2ccccc2F)n1C. The molecule has 0 aliphatic heterocycles. The Morgan fingerprint density at radius 2 is 1.91 bits per heavy atom. The summed E-state index contributed by atoms with van der Waals surface area (Å²) in [6.45, 7) is 1.60. The molecule has 1 aromatic heterocycles. The van der Waals surface area contributed by atoms with Gasteiger partial charge in [-0.05, 0) is 25.1 Å². The van der Waals surface area contributed by atoms with Crippen LogP contribution >= 0.6 is 0 Å². The van der Waals surface area contributed by atoms with Crippen LogP contribution in [-0.4, -0.2) is 35.0 Å². The van der Waals surface area contributed by atoms with Crippen LogP contribution in [0.3, 0.4) is 0 Å². The van der Waals surface area contributed by atoms with Gasteiger partial charge < -0.3 is 14.2 Å². The first-order chi connectivity index (χ1) is 10.9. The molecule has 23 heavy (non-hydrogen) atoms. The molecule has 1 aromatic carbocycles. The van der Waals surface area contributed by atoms with Crippen molar-refractivity contribution in [2.24, 2.45) is 7.05 Å². The zero-order chi connectivity index (χ0) is 17.0. The summed E-state index contributed by atoms with van der Waals surface area (Å²) in [5, 5.41) is 0. The van der Waals surface area contributed by atoms with E-state index in [0.717, 1.165) is 5.69 Å². The lowest BCUT2D eigenvalue weighted by Gasteiger charge is -2.17. The van der Waals surface area contributed by atoms with Gasteiger partial charge in [0.2, 0.25) is 0 Å². The van der Waals surface area contributed by atoms with Gasteiger partial charge in [0.1, 0.15) is 11.5 Å². The van der Waals surface area contributed by atoms with E-state index in [2.05, 4.69) is 0 Å². The number of carbonyl (C=O) groups is 2. The zero-order valence-electron chi connectivity index (χ0n) is 13.4. The Bertz CT molecular complexity index is 724. The molecule has 0 atom stereocenters. The average molecular weight is 318 g/mol. The van der Waals surface area contributed by atoms with Crippen molar-refractivity contribution in [3.05, 3.63) is 59.2 Å². The average Bonchev–Trinajstić information content (AvgIpc) is 2.86. The van der Waals surface area contributed by atoms with Crippen LogP contribution in [0.1, 0.15) is 21.7 Å². The minimum absolute atomic E-state index is 0.117. The quantitative estimate of drug-likeness (QED) is 0.795. The number of hydrogen-bond donors (Lipinski definition) is 0. The fourth-order valence-corrected chi connectivity index (χ4v) is 2.10. The molecule has 2 aromatic rings. The fourth-order valence-electron chi connectivity index (χ4n) is 2.10. The molecule has 122 valence electrons. The van der Waals surface area contributed by atoms with E-state index in [1.54, 1.807) is 41.9 Å². The van der Waals surface area contributed by atoms with Gasteiger partial charge in [-0.3, -0.25) is 4.79 Å². The molecule has 0 saturated carbocycles. The monoisotopic (exact) mass is 318 g/mol. The van der Waals surface area contributed by atoms with Crippen LogP contribution in [0.2, 0.25) is 0 Å². The summed E-state index contributed by atoms with van der Waals surface area (Å²) >= 11 is 0. The van der Waals surface area contributed by atoms with E-state index in [1.165, 1.54) is 18.0 Å². The van der Waals surface area contributed by atoms with Crippen LogP contribution in [0.25, 0.3) is 0 Å². The number of likely N-dealkylation sites (N-methyl/N-ethyl adjacent to an activating group) is 1. The third kappa shape index (κ3) is 3.97. The maximum atomic E-state index is 13.6. The summed E-state index contributed by atoms with van der Waals surface area (Å²) < 4.78 is 20.3. The Morgan fingerprint density at radius 1 is 1.22 bits per heavy atom. The Morgan fingerprint density at radius 3 is 2.52 bits per heavy atom. The van der Waals surface area contributed by atoms with Gasteiger partial charge in [-0.2, -0.15) is 0 Å². The van der Waals surface area contributed by atoms with Crippen molar-refractivity contribution in [2.45, 2.75) is 13.5 Å². The van der Waals surface area contributed by atoms with Gasteiger partial charge in [0.15, 0.2) is 6.61 Å². The van der Waals surface area contributed by atoms with E-state index < -0.39 is 11.9 Å². The maximum absolute atomic E-state index is 13.6. The second kappa shape index (κ2) is 7.09. The molecule has 0 unspecified atom stereocenters. The summed E-state index contributed by atoms with van der Waals surface area (Å²) in [5.41, 5.74) is 1.71. The molecule has 1 amide bonds. The van der Waals surface area contributed by atoms with Gasteiger partial charge in [-0.1, -0.05) is 18.2 Å². The highest BCUT2D eigenvalue weighted by Gasteiger charge is 2.17. The molecule has 0 aliphatic carbocycles. The largest absolute Gasteiger partial charge is 0.451 e. The van der Waals surface area contributed by atoms with E-state index in [0.29, 0.717) is 11.3 Å². The minimum atomic E-state index is -0.562. The molecule has 5 nitrogen and oxygen atoms in total. The lowest BCUT2D eigenvalue weighted by Crippen LogP contribution is -2.31. The summed E-state index contributed by atoms with van der Waals surface area (Å²) in [6.07, 6.45) is 0. The second-order valence-electron chi connectivity index (χ2n) is 5.34. The number of hydrogen-bond acceptors (Lipinski definition) is 3. The van der Waals surface area contributed by atoms with Crippen molar-refractivity contribution < 1.29 is 18.7 Å². The van der Waals surface area contributed by atoms with Crippen LogP contribution in [0.15, 0.2) is 36.4 Å². The Hall–Kier alpha value is -2.63. The van der Waals surface area contributed by atoms with E-state index in [4.69, 9.17) is 4.74 Å². The number of carbonyl (C=O) groups excluding carboxylic acids is 2. The van der Waals surface area contributed by atoms with Gasteiger partial charge in [-0.15, -0.1) is 0 Å². The predicted octanol–water partition coefficient (Wildman–Crippen LogP) is 2.29. The van der Waals surface area contributed by atoms with Gasteiger partial charge in [0.05, 0.1) is 0 Å². The van der Waals surface area contributed by atoms with Gasteiger partial charge in [-0.25, -0.2) is 9.18 Å². The molecule has 0 fully saturated rings. The maximum Gasteiger partial charge on any atom is 0.355 e. The van der Waals surface area contributed by atoms with Crippen molar-refractivity contribution in [3.63, 3.8) is 0 Å². The molecule has 0 saturated heterocycles. The summed E-state index contributed by atoms with van der Waals surface area (Å²) in [4.78, 5) is 25.3. The molecule has 6 heteroatoms. The predicted molar refractivity (Wildman–Crippen MR) is 83.3 cm³/mol. The van der Waals surface area contributed by atoms with Crippen molar-refractivity contribution in [2.75, 3.05) is 13.7 Å². The standard InChI is InChI=1S/C17H19FN2O3/c1-12-8-9-15(20(12)3)17(22)23-11-16(21)19(2)10-13-6-4-5-7-14(13)18/h4-9H,10-11H2,1-3H3.